The molecular formula is C14H15ClN4O. The van der Waals surface area contributed by atoms with Gasteiger partial charge >= 0.3 is 0 Å². The summed E-state index contributed by atoms with van der Waals surface area (Å²) >= 11 is 5.79. The van der Waals surface area contributed by atoms with Crippen LogP contribution in [0.1, 0.15) is 11.4 Å². The van der Waals surface area contributed by atoms with Crippen LogP contribution >= 0.6 is 11.6 Å². The smallest absolute Gasteiger partial charge is 0.244 e. The Balaban J connectivity index is 1.78. The van der Waals surface area contributed by atoms with Gasteiger partial charge in [0.25, 0.3) is 0 Å². The molecule has 104 valence electrons. The lowest BCUT2D eigenvalue weighted by atomic mass is 10.2. The van der Waals surface area contributed by atoms with Gasteiger partial charge in [-0.15, -0.1) is 10.2 Å². The van der Waals surface area contributed by atoms with E-state index < -0.39 is 0 Å². The summed E-state index contributed by atoms with van der Waals surface area (Å²) < 4.78 is 1.83. The molecule has 0 radical (unpaired) electrons. The number of hydrogen-bond donors (Lipinski definition) is 1. The predicted molar refractivity (Wildman–Crippen MR) is 78.2 cm³/mol. The van der Waals surface area contributed by atoms with Crippen LogP contribution in [0.3, 0.4) is 0 Å². The molecule has 0 aliphatic carbocycles. The minimum Gasteiger partial charge on any atom is -0.352 e. The maximum Gasteiger partial charge on any atom is 0.244 e. The summed E-state index contributed by atoms with van der Waals surface area (Å²) in [7, 11) is 1.87. The van der Waals surface area contributed by atoms with Crippen molar-refractivity contribution in [1.82, 2.24) is 20.1 Å². The summed E-state index contributed by atoms with van der Waals surface area (Å²) in [4.78, 5) is 11.6. The number of benzene rings is 1. The van der Waals surface area contributed by atoms with Crippen molar-refractivity contribution in [3.63, 3.8) is 0 Å². The number of rotatable bonds is 5. The zero-order chi connectivity index (χ0) is 14.4. The number of nitrogens with zero attached hydrogens (tertiary/aromatic N) is 3. The first-order chi connectivity index (χ1) is 9.65. The zero-order valence-electron chi connectivity index (χ0n) is 11.1. The summed E-state index contributed by atoms with van der Waals surface area (Å²) in [6, 6.07) is 7.28. The first-order valence-corrected chi connectivity index (χ1v) is 6.57. The molecule has 0 atom stereocenters. The van der Waals surface area contributed by atoms with Gasteiger partial charge in [-0.25, -0.2) is 0 Å². The van der Waals surface area contributed by atoms with E-state index in [1.54, 1.807) is 24.5 Å². The molecule has 2 aromatic rings. The van der Waals surface area contributed by atoms with E-state index in [1.807, 2.05) is 23.7 Å². The molecule has 0 saturated carbocycles. The highest BCUT2D eigenvalue weighted by Crippen LogP contribution is 2.10. The Morgan fingerprint density at radius 2 is 2.15 bits per heavy atom. The maximum absolute atomic E-state index is 11.6. The van der Waals surface area contributed by atoms with Crippen LogP contribution in [-0.2, 0) is 18.3 Å². The van der Waals surface area contributed by atoms with Gasteiger partial charge in [-0.3, -0.25) is 4.79 Å². The molecule has 0 aliphatic rings. The fraction of sp³-hybridized carbons (Fsp3) is 0.214. The van der Waals surface area contributed by atoms with Crippen LogP contribution in [0.25, 0.3) is 6.08 Å². The average Bonchev–Trinajstić information content (AvgIpc) is 2.84. The number of amides is 1. The fourth-order valence-corrected chi connectivity index (χ4v) is 1.76. The molecule has 0 fully saturated rings. The molecule has 20 heavy (non-hydrogen) atoms. The van der Waals surface area contributed by atoms with E-state index in [0.717, 1.165) is 11.4 Å². The van der Waals surface area contributed by atoms with Crippen molar-refractivity contribution in [3.8, 4) is 0 Å². The minimum atomic E-state index is -0.137. The van der Waals surface area contributed by atoms with Gasteiger partial charge in [0, 0.05) is 31.1 Å². The van der Waals surface area contributed by atoms with E-state index in [2.05, 4.69) is 15.5 Å². The van der Waals surface area contributed by atoms with Crippen molar-refractivity contribution >= 4 is 23.6 Å². The van der Waals surface area contributed by atoms with Gasteiger partial charge in [0.05, 0.1) is 0 Å². The Labute approximate surface area is 122 Å². The van der Waals surface area contributed by atoms with E-state index in [-0.39, 0.29) is 5.91 Å². The molecule has 1 aromatic heterocycles. The lowest BCUT2D eigenvalue weighted by molar-refractivity contribution is -0.116. The molecule has 1 heterocycles. The molecule has 1 amide bonds. The first-order valence-electron chi connectivity index (χ1n) is 6.19. The van der Waals surface area contributed by atoms with Crippen LogP contribution < -0.4 is 5.32 Å². The Morgan fingerprint density at radius 3 is 2.80 bits per heavy atom. The molecule has 0 spiro atoms. The largest absolute Gasteiger partial charge is 0.352 e. The summed E-state index contributed by atoms with van der Waals surface area (Å²) in [5.74, 6) is 0.703. The molecule has 6 heteroatoms. The molecular weight excluding hydrogens is 276 g/mol. The standard InChI is InChI=1S/C14H15ClN4O/c1-19-10-17-18-13(19)8-9-16-14(20)7-4-11-2-5-12(15)6-3-11/h2-7,10H,8-9H2,1H3,(H,16,20)/b7-4-. The lowest BCUT2D eigenvalue weighted by Gasteiger charge is -2.01. The van der Waals surface area contributed by atoms with E-state index in [9.17, 15) is 4.79 Å². The van der Waals surface area contributed by atoms with Crippen LogP contribution in [0.15, 0.2) is 36.7 Å². The number of nitrogens with one attached hydrogen (secondary N) is 1. The minimum absolute atomic E-state index is 0.137. The molecule has 0 aliphatic heterocycles. The van der Waals surface area contributed by atoms with Crippen molar-refractivity contribution < 1.29 is 4.79 Å². The monoisotopic (exact) mass is 290 g/mol. The van der Waals surface area contributed by atoms with Gasteiger partial charge in [-0.1, -0.05) is 23.7 Å². The van der Waals surface area contributed by atoms with E-state index >= 15 is 0 Å². The summed E-state index contributed by atoms with van der Waals surface area (Å²) in [6.07, 6.45) is 5.53. The summed E-state index contributed by atoms with van der Waals surface area (Å²) in [6.45, 7) is 0.524. The van der Waals surface area contributed by atoms with Crippen molar-refractivity contribution in [1.29, 1.82) is 0 Å². The second-order valence-electron chi connectivity index (χ2n) is 4.28. The summed E-state index contributed by atoms with van der Waals surface area (Å²) in [5, 5.41) is 11.2. The molecule has 0 unspecified atom stereocenters. The van der Waals surface area contributed by atoms with Crippen molar-refractivity contribution in [2.75, 3.05) is 6.54 Å². The van der Waals surface area contributed by atoms with Crippen LogP contribution in [0, 0.1) is 0 Å². The first kappa shape index (κ1) is 14.3. The van der Waals surface area contributed by atoms with Crippen LogP contribution in [0.2, 0.25) is 5.02 Å². The van der Waals surface area contributed by atoms with Crippen LogP contribution in [-0.4, -0.2) is 27.2 Å². The van der Waals surface area contributed by atoms with Gasteiger partial charge < -0.3 is 9.88 Å². The average molecular weight is 291 g/mol. The maximum atomic E-state index is 11.6. The van der Waals surface area contributed by atoms with Gasteiger partial charge in [0.2, 0.25) is 5.91 Å². The normalized spacial score (nSPS) is 10.9. The highest BCUT2D eigenvalue weighted by atomic mass is 35.5. The molecule has 0 bridgehead atoms. The number of aromatic nitrogens is 3. The second kappa shape index (κ2) is 6.86. The second-order valence-corrected chi connectivity index (χ2v) is 4.72. The number of halogens is 1. The Hall–Kier alpha value is -2.14. The van der Waals surface area contributed by atoms with E-state index in [4.69, 9.17) is 11.6 Å². The molecule has 2 rings (SSSR count). The van der Waals surface area contributed by atoms with Gasteiger partial charge in [0.15, 0.2) is 0 Å². The van der Waals surface area contributed by atoms with Crippen molar-refractivity contribution in [2.45, 2.75) is 6.42 Å². The SMILES string of the molecule is Cn1cnnc1CCNC(=O)/C=C\c1ccc(Cl)cc1. The zero-order valence-corrected chi connectivity index (χ0v) is 11.8. The van der Waals surface area contributed by atoms with E-state index in [0.29, 0.717) is 18.0 Å². The predicted octanol–water partition coefficient (Wildman–Crippen LogP) is 1.84. The number of carbonyl (C=O) groups excluding carboxylic acids is 1. The van der Waals surface area contributed by atoms with Gasteiger partial charge in [-0.2, -0.15) is 0 Å². The Bertz CT molecular complexity index is 604. The Kier molecular flexibility index (Phi) is 4.90. The Morgan fingerprint density at radius 1 is 1.40 bits per heavy atom. The van der Waals surface area contributed by atoms with Crippen molar-refractivity contribution in [2.24, 2.45) is 7.05 Å². The number of aryl methyl sites for hydroxylation is 1. The van der Waals surface area contributed by atoms with Gasteiger partial charge in [-0.05, 0) is 23.8 Å². The summed E-state index contributed by atoms with van der Waals surface area (Å²) in [5.41, 5.74) is 0.929. The molecule has 1 aromatic carbocycles. The molecule has 5 nitrogen and oxygen atoms in total. The van der Waals surface area contributed by atoms with Crippen LogP contribution in [0.5, 0.6) is 0 Å². The highest BCUT2D eigenvalue weighted by molar-refractivity contribution is 6.30. The van der Waals surface area contributed by atoms with Crippen LogP contribution in [0.4, 0.5) is 0 Å². The third-order valence-electron chi connectivity index (χ3n) is 2.75. The number of hydrogen-bond acceptors (Lipinski definition) is 3. The lowest BCUT2D eigenvalue weighted by Crippen LogP contribution is -2.24. The van der Waals surface area contributed by atoms with E-state index in [1.165, 1.54) is 6.08 Å². The quantitative estimate of drug-likeness (QED) is 0.855. The topological polar surface area (TPSA) is 59.8 Å². The third kappa shape index (κ3) is 4.20. The fourth-order valence-electron chi connectivity index (χ4n) is 1.64. The third-order valence-corrected chi connectivity index (χ3v) is 3.00. The highest BCUT2D eigenvalue weighted by Gasteiger charge is 2.01. The molecule has 1 N–H and O–H groups in total. The molecule has 0 saturated heterocycles. The number of carbonyl (C=O) groups is 1. The van der Waals surface area contributed by atoms with Gasteiger partial charge in [0.1, 0.15) is 12.2 Å². The van der Waals surface area contributed by atoms with Crippen molar-refractivity contribution in [3.05, 3.63) is 53.1 Å².